The Balaban J connectivity index is 2.59. The summed E-state index contributed by atoms with van der Waals surface area (Å²) in [7, 11) is -1.60. The Morgan fingerprint density at radius 2 is 1.68 bits per heavy atom. The van der Waals surface area contributed by atoms with Crippen molar-refractivity contribution < 1.29 is 22.8 Å². The molecular formula is C15H15ClN2O6S. The van der Waals surface area contributed by atoms with Gasteiger partial charge in [-0.25, -0.2) is 8.42 Å². The normalized spacial score (nSPS) is 11.0. The van der Waals surface area contributed by atoms with E-state index in [1.54, 1.807) is 12.1 Å². The Labute approximate surface area is 149 Å². The molecule has 0 bridgehead atoms. The van der Waals surface area contributed by atoms with Crippen LogP contribution in [0.5, 0.6) is 11.5 Å². The van der Waals surface area contributed by atoms with Gasteiger partial charge in [0.1, 0.15) is 0 Å². The molecule has 0 aliphatic rings. The van der Waals surface area contributed by atoms with Gasteiger partial charge in [0.25, 0.3) is 10.0 Å². The average molecular weight is 387 g/mol. The molecule has 0 atom stereocenters. The van der Waals surface area contributed by atoms with Crippen LogP contribution in [0.3, 0.4) is 0 Å². The molecule has 0 amide bonds. The zero-order valence-corrected chi connectivity index (χ0v) is 15.1. The van der Waals surface area contributed by atoms with Crippen LogP contribution in [0.4, 0.5) is 11.4 Å². The number of nitro groups is 1. The van der Waals surface area contributed by atoms with E-state index in [0.29, 0.717) is 0 Å². The highest BCUT2D eigenvalue weighted by atomic mass is 35.5. The van der Waals surface area contributed by atoms with Crippen LogP contribution in [0.25, 0.3) is 0 Å². The third-order valence-electron chi connectivity index (χ3n) is 3.33. The van der Waals surface area contributed by atoms with Crippen molar-refractivity contribution in [2.45, 2.75) is 11.8 Å². The van der Waals surface area contributed by atoms with Crippen molar-refractivity contribution >= 4 is 33.0 Å². The van der Waals surface area contributed by atoms with Crippen LogP contribution in [-0.4, -0.2) is 27.6 Å². The topological polar surface area (TPSA) is 108 Å². The van der Waals surface area contributed by atoms with Gasteiger partial charge in [0.05, 0.1) is 34.7 Å². The van der Waals surface area contributed by atoms with Crippen molar-refractivity contribution in [3.05, 3.63) is 51.0 Å². The molecule has 0 aromatic heterocycles. The van der Waals surface area contributed by atoms with E-state index < -0.39 is 20.6 Å². The SMILES string of the molecule is COc1c(Cl)cc(NS(=O)(=O)c2ccc(C)cc2)c(OC)c1[N+](=O)[O-]. The summed E-state index contributed by atoms with van der Waals surface area (Å²) < 4.78 is 37.3. The number of nitrogens with one attached hydrogen (secondary N) is 1. The summed E-state index contributed by atoms with van der Waals surface area (Å²) in [5.74, 6) is -0.524. The van der Waals surface area contributed by atoms with Gasteiger partial charge in [0.2, 0.25) is 11.5 Å². The molecule has 0 saturated heterocycles. The molecule has 0 aliphatic carbocycles. The summed E-state index contributed by atoms with van der Waals surface area (Å²) in [6.45, 7) is 1.82. The highest BCUT2D eigenvalue weighted by Crippen LogP contribution is 2.47. The Kier molecular flexibility index (Phi) is 5.39. The molecule has 25 heavy (non-hydrogen) atoms. The van der Waals surface area contributed by atoms with Gasteiger partial charge >= 0.3 is 5.69 Å². The molecular weight excluding hydrogens is 372 g/mol. The fraction of sp³-hybridized carbons (Fsp3) is 0.200. The number of ether oxygens (including phenoxy) is 2. The molecule has 2 aromatic rings. The fourth-order valence-corrected chi connectivity index (χ4v) is 3.49. The quantitative estimate of drug-likeness (QED) is 0.602. The van der Waals surface area contributed by atoms with Crippen LogP contribution >= 0.6 is 11.6 Å². The van der Waals surface area contributed by atoms with E-state index in [0.717, 1.165) is 5.56 Å². The summed E-state index contributed by atoms with van der Waals surface area (Å²) in [5, 5.41) is 11.2. The zero-order chi connectivity index (χ0) is 18.8. The van der Waals surface area contributed by atoms with E-state index >= 15 is 0 Å². The lowest BCUT2D eigenvalue weighted by Crippen LogP contribution is -2.14. The number of anilines is 1. The first kappa shape index (κ1) is 18.8. The third kappa shape index (κ3) is 3.77. The van der Waals surface area contributed by atoms with Gasteiger partial charge in [-0.15, -0.1) is 0 Å². The molecule has 10 heteroatoms. The standard InChI is InChI=1S/C15H15ClN2O6S/c1-9-4-6-10(7-5-9)25(21,22)17-12-8-11(16)14(23-2)13(18(19)20)15(12)24-3/h4-8,17H,1-3H3. The van der Waals surface area contributed by atoms with Gasteiger partial charge in [0.15, 0.2) is 0 Å². The van der Waals surface area contributed by atoms with Crippen molar-refractivity contribution in [1.29, 1.82) is 0 Å². The lowest BCUT2D eigenvalue weighted by atomic mass is 10.2. The molecule has 0 saturated carbocycles. The second kappa shape index (κ2) is 7.16. The van der Waals surface area contributed by atoms with Gasteiger partial charge in [-0.3, -0.25) is 14.8 Å². The van der Waals surface area contributed by atoms with Crippen LogP contribution in [0, 0.1) is 17.0 Å². The third-order valence-corrected chi connectivity index (χ3v) is 4.99. The summed E-state index contributed by atoms with van der Waals surface area (Å²) in [4.78, 5) is 10.6. The van der Waals surface area contributed by atoms with Crippen molar-refractivity contribution in [3.8, 4) is 11.5 Å². The molecule has 0 unspecified atom stereocenters. The highest BCUT2D eigenvalue weighted by Gasteiger charge is 2.30. The number of sulfonamides is 1. The second-order valence-corrected chi connectivity index (χ2v) is 7.09. The van der Waals surface area contributed by atoms with Gasteiger partial charge in [0, 0.05) is 0 Å². The Bertz CT molecular complexity index is 913. The second-order valence-electron chi connectivity index (χ2n) is 5.00. The number of nitro benzene ring substituents is 1. The minimum atomic E-state index is -3.99. The molecule has 1 N–H and O–H groups in total. The van der Waals surface area contributed by atoms with Gasteiger partial charge in [-0.2, -0.15) is 0 Å². The van der Waals surface area contributed by atoms with E-state index in [4.69, 9.17) is 21.1 Å². The molecule has 0 fully saturated rings. The fourth-order valence-electron chi connectivity index (χ4n) is 2.17. The van der Waals surface area contributed by atoms with Gasteiger partial charge in [-0.1, -0.05) is 29.3 Å². The summed E-state index contributed by atoms with van der Waals surface area (Å²) in [6.07, 6.45) is 0. The average Bonchev–Trinajstić information content (AvgIpc) is 2.54. The maximum absolute atomic E-state index is 12.5. The summed E-state index contributed by atoms with van der Waals surface area (Å²) >= 11 is 5.98. The van der Waals surface area contributed by atoms with E-state index in [9.17, 15) is 18.5 Å². The Morgan fingerprint density at radius 1 is 1.12 bits per heavy atom. The van der Waals surface area contributed by atoms with Crippen LogP contribution in [-0.2, 0) is 10.0 Å². The highest BCUT2D eigenvalue weighted by molar-refractivity contribution is 7.92. The maximum atomic E-state index is 12.5. The smallest absolute Gasteiger partial charge is 0.356 e. The number of methoxy groups -OCH3 is 2. The predicted molar refractivity (Wildman–Crippen MR) is 93.2 cm³/mol. The first-order valence-electron chi connectivity index (χ1n) is 6.89. The molecule has 0 heterocycles. The zero-order valence-electron chi connectivity index (χ0n) is 13.6. The first-order chi connectivity index (χ1) is 11.7. The number of aryl methyl sites for hydroxylation is 1. The Morgan fingerprint density at radius 3 is 2.16 bits per heavy atom. The lowest BCUT2D eigenvalue weighted by molar-refractivity contribution is -0.386. The molecule has 134 valence electrons. The van der Waals surface area contributed by atoms with Crippen LogP contribution < -0.4 is 14.2 Å². The number of rotatable bonds is 6. The number of halogens is 1. The first-order valence-corrected chi connectivity index (χ1v) is 8.75. The van der Waals surface area contributed by atoms with E-state index in [-0.39, 0.29) is 27.1 Å². The summed E-state index contributed by atoms with van der Waals surface area (Å²) in [6, 6.07) is 7.30. The van der Waals surface area contributed by atoms with E-state index in [1.165, 1.54) is 32.4 Å². The maximum Gasteiger partial charge on any atom is 0.356 e. The molecule has 0 radical (unpaired) electrons. The number of hydrogen-bond acceptors (Lipinski definition) is 6. The molecule has 0 aliphatic heterocycles. The van der Waals surface area contributed by atoms with Crippen LogP contribution in [0.2, 0.25) is 5.02 Å². The van der Waals surface area contributed by atoms with Gasteiger partial charge in [-0.05, 0) is 25.1 Å². The van der Waals surface area contributed by atoms with Crippen molar-refractivity contribution in [3.63, 3.8) is 0 Å². The monoisotopic (exact) mass is 386 g/mol. The van der Waals surface area contributed by atoms with Crippen LogP contribution in [0.1, 0.15) is 5.56 Å². The minimum absolute atomic E-state index is 0.00486. The predicted octanol–water partition coefficient (Wildman–Crippen LogP) is 3.37. The van der Waals surface area contributed by atoms with Gasteiger partial charge < -0.3 is 9.47 Å². The Hall–Kier alpha value is -2.52. The largest absolute Gasteiger partial charge is 0.489 e. The minimum Gasteiger partial charge on any atom is -0.489 e. The van der Waals surface area contributed by atoms with Crippen molar-refractivity contribution in [2.75, 3.05) is 18.9 Å². The van der Waals surface area contributed by atoms with E-state index in [2.05, 4.69) is 4.72 Å². The number of benzene rings is 2. The van der Waals surface area contributed by atoms with Crippen molar-refractivity contribution in [1.82, 2.24) is 0 Å². The summed E-state index contributed by atoms with van der Waals surface area (Å²) in [5.41, 5.74) is 0.152. The number of hydrogen-bond donors (Lipinski definition) is 1. The lowest BCUT2D eigenvalue weighted by Gasteiger charge is -2.15. The molecule has 2 rings (SSSR count). The number of nitrogens with zero attached hydrogens (tertiary/aromatic N) is 1. The molecule has 2 aromatic carbocycles. The van der Waals surface area contributed by atoms with E-state index in [1.807, 2.05) is 6.92 Å². The van der Waals surface area contributed by atoms with Crippen molar-refractivity contribution in [2.24, 2.45) is 0 Å². The molecule has 0 spiro atoms. The molecule has 8 nitrogen and oxygen atoms in total. The van der Waals surface area contributed by atoms with Crippen LogP contribution in [0.15, 0.2) is 35.2 Å².